The first-order chi connectivity index (χ1) is 17.3. The molecule has 6 heteroatoms. The molecule has 0 bridgehead atoms. The molecule has 0 amide bonds. The molecule has 0 saturated carbocycles. The van der Waals surface area contributed by atoms with Gasteiger partial charge in [0.05, 0.1) is 22.7 Å². The number of para-hydroxylation sites is 2. The van der Waals surface area contributed by atoms with E-state index >= 15 is 0 Å². The molecule has 0 radical (unpaired) electrons. The van der Waals surface area contributed by atoms with Crippen LogP contribution < -0.4 is 4.74 Å². The van der Waals surface area contributed by atoms with Crippen LogP contribution in [-0.4, -0.2) is 19.1 Å². The van der Waals surface area contributed by atoms with Gasteiger partial charge in [-0.1, -0.05) is 50.2 Å². The summed E-state index contributed by atoms with van der Waals surface area (Å²) in [7, 11) is 0. The number of aromatic nitrogens is 4. The molecule has 188 valence electrons. The Bertz CT molecular complexity index is 1710. The molecule has 7 rings (SSSR count). The normalized spacial score (nSPS) is 14.8. The number of ether oxygens (including phenoxy) is 1. The molecule has 0 atom stereocenters. The van der Waals surface area contributed by atoms with Crippen LogP contribution >= 0.6 is 0 Å². The third-order valence-electron chi connectivity index (χ3n) is 7.69. The quantitative estimate of drug-likeness (QED) is 0.196. The predicted molar refractivity (Wildman–Crippen MR) is 142 cm³/mol. The Morgan fingerprint density at radius 3 is 2.32 bits per heavy atom. The van der Waals surface area contributed by atoms with Gasteiger partial charge in [0.1, 0.15) is 0 Å². The minimum absolute atomic E-state index is 0. The largest absolute Gasteiger partial charge is 2.00 e. The molecule has 0 spiro atoms. The van der Waals surface area contributed by atoms with E-state index in [1.165, 1.54) is 22.3 Å². The Labute approximate surface area is 231 Å². The first-order valence-electron chi connectivity index (χ1n) is 12.6. The number of imidazole rings is 2. The summed E-state index contributed by atoms with van der Waals surface area (Å²) in [4.78, 5) is 9.81. The molecule has 0 fully saturated rings. The second-order valence-electron chi connectivity index (χ2n) is 10.8. The van der Waals surface area contributed by atoms with Gasteiger partial charge in [0.25, 0.3) is 0 Å². The number of rotatable bonds is 2. The maximum atomic E-state index is 6.45. The first kappa shape index (κ1) is 24.2. The summed E-state index contributed by atoms with van der Waals surface area (Å²) in [5.74, 6) is 3.32. The summed E-state index contributed by atoms with van der Waals surface area (Å²) in [6.45, 7) is 11.9. The van der Waals surface area contributed by atoms with E-state index in [0.29, 0.717) is 11.5 Å². The summed E-state index contributed by atoms with van der Waals surface area (Å²) in [5, 5.41) is 0. The van der Waals surface area contributed by atoms with Gasteiger partial charge in [-0.25, -0.2) is 0 Å². The minimum atomic E-state index is -0.0805. The van der Waals surface area contributed by atoms with E-state index in [2.05, 4.69) is 85.5 Å². The van der Waals surface area contributed by atoms with Crippen molar-refractivity contribution in [2.24, 2.45) is 0 Å². The summed E-state index contributed by atoms with van der Waals surface area (Å²) < 4.78 is 11.0. The zero-order valence-corrected chi connectivity index (χ0v) is 23.9. The van der Waals surface area contributed by atoms with E-state index in [-0.39, 0.29) is 26.6 Å². The van der Waals surface area contributed by atoms with Crippen molar-refractivity contribution in [2.75, 3.05) is 0 Å². The van der Waals surface area contributed by atoms with Crippen LogP contribution in [0.15, 0.2) is 42.6 Å². The Kier molecular flexibility index (Phi) is 5.51. The Balaban J connectivity index is 0.00000252. The second kappa shape index (κ2) is 8.42. The molecule has 0 aliphatic carbocycles. The fourth-order valence-corrected chi connectivity index (χ4v) is 6.06. The molecule has 0 N–H and O–H groups in total. The third kappa shape index (κ3) is 3.70. The van der Waals surface area contributed by atoms with E-state index in [1.807, 2.05) is 13.0 Å². The van der Waals surface area contributed by atoms with Crippen LogP contribution in [0.3, 0.4) is 0 Å². The summed E-state index contributed by atoms with van der Waals surface area (Å²) in [6, 6.07) is 19.7. The summed E-state index contributed by atoms with van der Waals surface area (Å²) in [6.07, 6.45) is 4.02. The molecule has 3 aromatic carbocycles. The van der Waals surface area contributed by atoms with E-state index in [0.717, 1.165) is 58.9 Å². The molecule has 2 aliphatic rings. The number of nitrogens with zero attached hydrogens (tertiary/aromatic N) is 4. The molecular weight excluding hydrogens is 639 g/mol. The van der Waals surface area contributed by atoms with Gasteiger partial charge < -0.3 is 13.9 Å². The van der Waals surface area contributed by atoms with Gasteiger partial charge >= 0.3 is 21.1 Å². The molecule has 2 aliphatic heterocycles. The molecule has 37 heavy (non-hydrogen) atoms. The average Bonchev–Trinajstić information content (AvgIpc) is 3.41. The van der Waals surface area contributed by atoms with Gasteiger partial charge in [0.2, 0.25) is 0 Å². The zero-order valence-electron chi connectivity index (χ0n) is 21.7. The topological polar surface area (TPSA) is 44.9 Å². The van der Waals surface area contributed by atoms with Gasteiger partial charge in [0.15, 0.2) is 0 Å². The Morgan fingerprint density at radius 1 is 0.892 bits per heavy atom. The van der Waals surface area contributed by atoms with Crippen molar-refractivity contribution < 1.29 is 25.8 Å². The van der Waals surface area contributed by atoms with E-state index in [4.69, 9.17) is 14.7 Å². The summed E-state index contributed by atoms with van der Waals surface area (Å²) in [5.41, 5.74) is 10.2. The summed E-state index contributed by atoms with van der Waals surface area (Å²) >= 11 is 0. The van der Waals surface area contributed by atoms with E-state index in [9.17, 15) is 0 Å². The third-order valence-corrected chi connectivity index (χ3v) is 7.69. The average molecular weight is 668 g/mol. The fourth-order valence-electron chi connectivity index (χ4n) is 6.06. The van der Waals surface area contributed by atoms with Crippen LogP contribution in [0.5, 0.6) is 11.5 Å². The number of fused-ring (bicyclic) bond motifs is 8. The molecule has 4 heterocycles. The molecule has 2 aromatic heterocycles. The molecule has 0 unspecified atom stereocenters. The van der Waals surface area contributed by atoms with Crippen molar-refractivity contribution in [3.8, 4) is 34.3 Å². The maximum absolute atomic E-state index is 6.45. The SMILES string of the molecule is Cc1cn2c(n1)-c1[c-]c(Oc3[c-]c4c(c(C)c3)CC(C)(C)n3c-4nc4ccccc43)cc(C)c1CC2.[Pt+2]. The van der Waals surface area contributed by atoms with Crippen molar-refractivity contribution >= 4 is 11.0 Å². The zero-order chi connectivity index (χ0) is 24.8. The fraction of sp³-hybridized carbons (Fsp3) is 0.290. The van der Waals surface area contributed by atoms with Gasteiger partial charge in [-0.3, -0.25) is 9.97 Å². The number of benzene rings is 3. The van der Waals surface area contributed by atoms with Crippen molar-refractivity contribution in [1.82, 2.24) is 19.1 Å². The van der Waals surface area contributed by atoms with Gasteiger partial charge in [-0.2, -0.15) is 0 Å². The Morgan fingerprint density at radius 2 is 1.57 bits per heavy atom. The standard InChI is InChI=1S/C31H28N4O.Pt/c1-18-12-21(14-24-23(18)10-11-34-17-20(3)32-29(24)34)36-22-13-19(2)26-16-31(4,5)35-28-9-7-6-8-27(28)33-30(35)25(26)15-22;/h6-9,12-13,17H,10-11,16H2,1-5H3;/q-2;+2. The first-order valence-corrected chi connectivity index (χ1v) is 12.6. The van der Waals surface area contributed by atoms with Crippen LogP contribution in [0, 0.1) is 32.9 Å². The van der Waals surface area contributed by atoms with Crippen molar-refractivity contribution in [2.45, 2.75) is 59.5 Å². The van der Waals surface area contributed by atoms with Gasteiger partial charge in [-0.05, 0) is 45.7 Å². The van der Waals surface area contributed by atoms with Crippen LogP contribution in [0.2, 0.25) is 0 Å². The van der Waals surface area contributed by atoms with Crippen molar-refractivity contribution in [3.05, 3.63) is 82.7 Å². The number of hydrogen-bond acceptors (Lipinski definition) is 3. The van der Waals surface area contributed by atoms with Crippen LogP contribution in [-0.2, 0) is 46.0 Å². The number of hydrogen-bond donors (Lipinski definition) is 0. The smallest absolute Gasteiger partial charge is 0.497 e. The van der Waals surface area contributed by atoms with Crippen molar-refractivity contribution in [1.29, 1.82) is 0 Å². The van der Waals surface area contributed by atoms with Gasteiger partial charge in [0, 0.05) is 35.5 Å². The molecule has 0 saturated heterocycles. The predicted octanol–water partition coefficient (Wildman–Crippen LogP) is 6.73. The molecular formula is C31H28N4OPt. The van der Waals surface area contributed by atoms with E-state index in [1.54, 1.807) is 0 Å². The van der Waals surface area contributed by atoms with Crippen LogP contribution in [0.1, 0.15) is 41.8 Å². The van der Waals surface area contributed by atoms with Crippen molar-refractivity contribution in [3.63, 3.8) is 0 Å². The monoisotopic (exact) mass is 667 g/mol. The second-order valence-corrected chi connectivity index (χ2v) is 10.8. The number of aryl methyl sites for hydroxylation is 4. The maximum Gasteiger partial charge on any atom is 2.00 e. The van der Waals surface area contributed by atoms with Gasteiger partial charge in [-0.15, -0.1) is 33.4 Å². The van der Waals surface area contributed by atoms with Crippen LogP contribution in [0.25, 0.3) is 33.8 Å². The molecule has 5 aromatic rings. The van der Waals surface area contributed by atoms with E-state index < -0.39 is 0 Å². The Hall–Kier alpha value is -3.17. The minimum Gasteiger partial charge on any atom is -0.497 e. The van der Waals surface area contributed by atoms with Crippen LogP contribution in [0.4, 0.5) is 0 Å². The molecule has 5 nitrogen and oxygen atoms in total.